The summed E-state index contributed by atoms with van der Waals surface area (Å²) in [5.41, 5.74) is 0.969. The fourth-order valence-corrected chi connectivity index (χ4v) is 1.76. The molecule has 0 aliphatic carbocycles. The van der Waals surface area contributed by atoms with Gasteiger partial charge >= 0.3 is 11.9 Å². The van der Waals surface area contributed by atoms with Crippen LogP contribution in [0.25, 0.3) is 0 Å². The van der Waals surface area contributed by atoms with Gasteiger partial charge in [0.25, 0.3) is 0 Å². The normalized spacial score (nSPS) is 19.7. The number of carbonyl (C=O) groups excluding carboxylic acids is 2. The van der Waals surface area contributed by atoms with E-state index in [2.05, 4.69) is 4.74 Å². The number of benzene rings is 1. The van der Waals surface area contributed by atoms with Crippen molar-refractivity contribution in [3.63, 3.8) is 0 Å². The van der Waals surface area contributed by atoms with Crippen LogP contribution in [0.15, 0.2) is 24.3 Å². The van der Waals surface area contributed by atoms with E-state index in [4.69, 9.17) is 4.74 Å². The van der Waals surface area contributed by atoms with E-state index in [0.717, 1.165) is 11.3 Å². The zero-order valence-electron chi connectivity index (χ0n) is 8.93. The first-order chi connectivity index (χ1) is 7.69. The maximum Gasteiger partial charge on any atom is 0.317 e. The molecule has 2 rings (SSSR count). The van der Waals surface area contributed by atoms with Crippen LogP contribution in [-0.4, -0.2) is 19.0 Å². The average molecular weight is 220 g/mol. The summed E-state index contributed by atoms with van der Waals surface area (Å²) in [4.78, 5) is 22.2. The third kappa shape index (κ3) is 2.21. The smallest absolute Gasteiger partial charge is 0.317 e. The Kier molecular flexibility index (Phi) is 2.90. The molecule has 1 unspecified atom stereocenters. The first kappa shape index (κ1) is 10.7. The molecule has 0 saturated carbocycles. The van der Waals surface area contributed by atoms with Crippen LogP contribution in [-0.2, 0) is 20.7 Å². The van der Waals surface area contributed by atoms with Gasteiger partial charge in [-0.3, -0.25) is 9.59 Å². The zero-order valence-corrected chi connectivity index (χ0v) is 8.93. The summed E-state index contributed by atoms with van der Waals surface area (Å²) in [5.74, 6) is -0.458. The number of ether oxygens (including phenoxy) is 2. The molecule has 0 aromatic heterocycles. The molecule has 1 aliphatic heterocycles. The van der Waals surface area contributed by atoms with E-state index in [1.54, 1.807) is 7.11 Å². The van der Waals surface area contributed by atoms with Crippen molar-refractivity contribution in [2.24, 2.45) is 5.92 Å². The van der Waals surface area contributed by atoms with Crippen LogP contribution in [0, 0.1) is 5.92 Å². The van der Waals surface area contributed by atoms with Gasteiger partial charge in [-0.2, -0.15) is 0 Å². The van der Waals surface area contributed by atoms with Crippen LogP contribution in [0.1, 0.15) is 12.0 Å². The second kappa shape index (κ2) is 4.35. The number of hydrogen-bond donors (Lipinski definition) is 0. The molecule has 0 N–H and O–H groups in total. The van der Waals surface area contributed by atoms with Crippen LogP contribution in [0.5, 0.6) is 5.75 Å². The van der Waals surface area contributed by atoms with Gasteiger partial charge < -0.3 is 9.47 Å². The minimum Gasteiger partial charge on any atom is -0.497 e. The van der Waals surface area contributed by atoms with Gasteiger partial charge in [0, 0.05) is 0 Å². The van der Waals surface area contributed by atoms with Gasteiger partial charge in [-0.25, -0.2) is 0 Å². The molecular weight excluding hydrogens is 208 g/mol. The van der Waals surface area contributed by atoms with Crippen molar-refractivity contribution in [1.29, 1.82) is 0 Å². The third-order valence-electron chi connectivity index (χ3n) is 2.58. The number of rotatable bonds is 3. The maximum atomic E-state index is 11.3. The Morgan fingerprint density at radius 1 is 1.44 bits per heavy atom. The minimum atomic E-state index is -0.433. The van der Waals surface area contributed by atoms with E-state index in [1.165, 1.54) is 0 Å². The fraction of sp³-hybridized carbons (Fsp3) is 0.333. The van der Waals surface area contributed by atoms with Gasteiger partial charge in [0.15, 0.2) is 0 Å². The molecule has 4 heteroatoms. The monoisotopic (exact) mass is 220 g/mol. The van der Waals surface area contributed by atoms with E-state index in [9.17, 15) is 9.59 Å². The highest BCUT2D eigenvalue weighted by molar-refractivity contribution is 5.94. The number of methoxy groups -OCH3 is 1. The van der Waals surface area contributed by atoms with Crippen LogP contribution >= 0.6 is 0 Å². The Bertz CT molecular complexity index is 425. The predicted molar refractivity (Wildman–Crippen MR) is 55.9 cm³/mol. The molecule has 1 aromatic carbocycles. The number of esters is 2. The van der Waals surface area contributed by atoms with Crippen molar-refractivity contribution in [2.75, 3.05) is 7.11 Å². The number of hydrogen-bond acceptors (Lipinski definition) is 4. The van der Waals surface area contributed by atoms with Gasteiger partial charge in [0.2, 0.25) is 0 Å². The molecule has 0 spiro atoms. The Morgan fingerprint density at radius 3 is 2.88 bits per heavy atom. The molecule has 84 valence electrons. The molecule has 0 radical (unpaired) electrons. The fourth-order valence-electron chi connectivity index (χ4n) is 1.76. The van der Waals surface area contributed by atoms with E-state index >= 15 is 0 Å². The molecule has 1 aliphatic rings. The summed E-state index contributed by atoms with van der Waals surface area (Å²) in [7, 11) is 1.59. The number of carbonyl (C=O) groups is 2. The largest absolute Gasteiger partial charge is 0.497 e. The third-order valence-corrected chi connectivity index (χ3v) is 2.58. The first-order valence-corrected chi connectivity index (χ1v) is 5.06. The minimum absolute atomic E-state index is 0.177. The van der Waals surface area contributed by atoms with Crippen molar-refractivity contribution in [3.05, 3.63) is 29.8 Å². The van der Waals surface area contributed by atoms with Gasteiger partial charge in [-0.15, -0.1) is 0 Å². The lowest BCUT2D eigenvalue weighted by molar-refractivity contribution is -0.153. The second-order valence-electron chi connectivity index (χ2n) is 3.75. The quantitative estimate of drug-likeness (QED) is 0.569. The Balaban J connectivity index is 2.09. The van der Waals surface area contributed by atoms with Gasteiger partial charge in [0.05, 0.1) is 19.4 Å². The molecule has 4 nitrogen and oxygen atoms in total. The molecule has 1 atom stereocenters. The van der Waals surface area contributed by atoms with Crippen LogP contribution in [0.2, 0.25) is 0 Å². The highest BCUT2D eigenvalue weighted by Crippen LogP contribution is 2.22. The Labute approximate surface area is 93.2 Å². The SMILES string of the molecule is COc1cccc(CC2CC(=O)OC2=O)c1. The molecule has 0 amide bonds. The van der Waals surface area contributed by atoms with Crippen molar-refractivity contribution in [3.8, 4) is 5.75 Å². The first-order valence-electron chi connectivity index (χ1n) is 5.06. The lowest BCUT2D eigenvalue weighted by atomic mass is 9.98. The summed E-state index contributed by atoms with van der Waals surface area (Å²) in [6, 6.07) is 7.45. The standard InChI is InChI=1S/C12H12O4/c1-15-10-4-2-3-8(6-10)5-9-7-11(13)16-12(9)14/h2-4,6,9H,5,7H2,1H3. The molecule has 16 heavy (non-hydrogen) atoms. The van der Waals surface area contributed by atoms with Gasteiger partial charge in [0.1, 0.15) is 5.75 Å². The van der Waals surface area contributed by atoms with Crippen LogP contribution in [0.3, 0.4) is 0 Å². The Hall–Kier alpha value is -1.84. The number of cyclic esters (lactones) is 2. The molecule has 1 saturated heterocycles. The summed E-state index contributed by atoms with van der Waals surface area (Å²) < 4.78 is 9.58. The molecule has 1 heterocycles. The van der Waals surface area contributed by atoms with Crippen molar-refractivity contribution in [1.82, 2.24) is 0 Å². The summed E-state index contributed by atoms with van der Waals surface area (Å²) >= 11 is 0. The average Bonchev–Trinajstić information content (AvgIpc) is 2.58. The van der Waals surface area contributed by atoms with Gasteiger partial charge in [-0.05, 0) is 24.1 Å². The second-order valence-corrected chi connectivity index (χ2v) is 3.75. The van der Waals surface area contributed by atoms with E-state index in [-0.39, 0.29) is 12.3 Å². The summed E-state index contributed by atoms with van der Waals surface area (Å²) in [6.07, 6.45) is 0.692. The van der Waals surface area contributed by atoms with Crippen LogP contribution in [0.4, 0.5) is 0 Å². The Morgan fingerprint density at radius 2 is 2.25 bits per heavy atom. The van der Waals surface area contributed by atoms with Crippen molar-refractivity contribution < 1.29 is 19.1 Å². The van der Waals surface area contributed by atoms with E-state index in [0.29, 0.717) is 6.42 Å². The maximum absolute atomic E-state index is 11.3. The lowest BCUT2D eigenvalue weighted by Gasteiger charge is -2.06. The topological polar surface area (TPSA) is 52.6 Å². The predicted octanol–water partition coefficient (Wildman–Crippen LogP) is 1.33. The van der Waals surface area contributed by atoms with E-state index < -0.39 is 11.9 Å². The lowest BCUT2D eigenvalue weighted by Crippen LogP contribution is -2.10. The molecule has 1 aromatic rings. The van der Waals surface area contributed by atoms with Crippen molar-refractivity contribution in [2.45, 2.75) is 12.8 Å². The zero-order chi connectivity index (χ0) is 11.5. The van der Waals surface area contributed by atoms with Crippen molar-refractivity contribution >= 4 is 11.9 Å². The highest BCUT2D eigenvalue weighted by Gasteiger charge is 2.33. The van der Waals surface area contributed by atoms with Gasteiger partial charge in [-0.1, -0.05) is 12.1 Å². The molecule has 1 fully saturated rings. The molecule has 0 bridgehead atoms. The van der Waals surface area contributed by atoms with Crippen LogP contribution < -0.4 is 4.74 Å². The molecular formula is C12H12O4. The van der Waals surface area contributed by atoms with E-state index in [1.807, 2.05) is 24.3 Å². The summed E-state index contributed by atoms with van der Waals surface area (Å²) in [5, 5.41) is 0. The highest BCUT2D eigenvalue weighted by atomic mass is 16.6. The summed E-state index contributed by atoms with van der Waals surface area (Å²) in [6.45, 7) is 0.